The third kappa shape index (κ3) is 8.50. The highest BCUT2D eigenvalue weighted by molar-refractivity contribution is 14.0. The van der Waals surface area contributed by atoms with E-state index in [1.54, 1.807) is 14.2 Å². The number of piperidine rings is 1. The summed E-state index contributed by atoms with van der Waals surface area (Å²) in [6, 6.07) is 7.84. The van der Waals surface area contributed by atoms with Gasteiger partial charge in [0, 0.05) is 39.3 Å². The lowest BCUT2D eigenvalue weighted by Gasteiger charge is -2.32. The molecular formula is C20H35IN4O3. The molecular weight excluding hydrogens is 471 g/mol. The smallest absolute Gasteiger partial charge is 0.191 e. The molecule has 1 aliphatic rings. The molecule has 1 aromatic carbocycles. The Balaban J connectivity index is 0.00000392. The molecule has 1 unspecified atom stereocenters. The Morgan fingerprint density at radius 3 is 2.50 bits per heavy atom. The fourth-order valence-electron chi connectivity index (χ4n) is 3.14. The summed E-state index contributed by atoms with van der Waals surface area (Å²) in [6.07, 6.45) is 1.52. The minimum atomic E-state index is -0.637. The van der Waals surface area contributed by atoms with Crippen LogP contribution in [-0.2, 0) is 4.74 Å². The van der Waals surface area contributed by atoms with E-state index in [0.29, 0.717) is 12.6 Å². The number of guanidine groups is 1. The number of rotatable bonds is 9. The van der Waals surface area contributed by atoms with Crippen LogP contribution in [0.5, 0.6) is 5.75 Å². The minimum absolute atomic E-state index is 0. The number of nitrogens with one attached hydrogen (secondary N) is 2. The SMILES string of the molecule is CCNC(=NCC(O)c1ccc(OC)cc1)NC1CCN(CCOC)CC1.I. The third-order valence-corrected chi connectivity index (χ3v) is 4.81. The highest BCUT2D eigenvalue weighted by atomic mass is 127. The topological polar surface area (TPSA) is 78.4 Å². The van der Waals surface area contributed by atoms with Gasteiger partial charge in [0.05, 0.1) is 26.4 Å². The van der Waals surface area contributed by atoms with Gasteiger partial charge in [-0.25, -0.2) is 0 Å². The third-order valence-electron chi connectivity index (χ3n) is 4.81. The van der Waals surface area contributed by atoms with Gasteiger partial charge in [0.2, 0.25) is 0 Å². The van der Waals surface area contributed by atoms with E-state index in [1.165, 1.54) is 0 Å². The number of nitrogens with zero attached hydrogens (tertiary/aromatic N) is 2. The van der Waals surface area contributed by atoms with E-state index in [-0.39, 0.29) is 24.0 Å². The first-order valence-electron chi connectivity index (χ1n) is 9.74. The van der Waals surface area contributed by atoms with Gasteiger partial charge in [0.15, 0.2) is 5.96 Å². The molecule has 0 aromatic heterocycles. The summed E-state index contributed by atoms with van der Waals surface area (Å²) in [7, 11) is 3.37. The highest BCUT2D eigenvalue weighted by Gasteiger charge is 2.19. The van der Waals surface area contributed by atoms with Gasteiger partial charge in [0.1, 0.15) is 5.75 Å². The van der Waals surface area contributed by atoms with Gasteiger partial charge in [-0.05, 0) is 37.5 Å². The standard InChI is InChI=1S/C20H34N4O3.HI/c1-4-21-20(23-17-9-11-24(12-10-17)13-14-26-2)22-15-19(25)16-5-7-18(27-3)8-6-16;/h5-8,17,19,25H,4,9-15H2,1-3H3,(H2,21,22,23);1H. The van der Waals surface area contributed by atoms with Crippen molar-refractivity contribution < 1.29 is 14.6 Å². The van der Waals surface area contributed by atoms with Crippen molar-refractivity contribution >= 4 is 29.9 Å². The number of benzene rings is 1. The lowest BCUT2D eigenvalue weighted by atomic mass is 10.1. The van der Waals surface area contributed by atoms with Crippen LogP contribution in [0.25, 0.3) is 0 Å². The quantitative estimate of drug-likeness (QED) is 0.270. The zero-order valence-electron chi connectivity index (χ0n) is 17.2. The summed E-state index contributed by atoms with van der Waals surface area (Å²) in [5.74, 6) is 1.54. The molecule has 0 aliphatic carbocycles. The molecule has 0 saturated carbocycles. The molecule has 0 bridgehead atoms. The number of ether oxygens (including phenoxy) is 2. The van der Waals surface area contributed by atoms with Crippen LogP contribution >= 0.6 is 24.0 Å². The minimum Gasteiger partial charge on any atom is -0.497 e. The zero-order chi connectivity index (χ0) is 19.5. The number of aliphatic hydroxyl groups excluding tert-OH is 1. The first kappa shape index (κ1) is 24.9. The fourth-order valence-corrected chi connectivity index (χ4v) is 3.14. The Bertz CT molecular complexity index is 563. The van der Waals surface area contributed by atoms with Crippen LogP contribution in [0.3, 0.4) is 0 Å². The second kappa shape index (κ2) is 14.0. The normalized spacial score (nSPS) is 16.9. The Morgan fingerprint density at radius 2 is 1.93 bits per heavy atom. The molecule has 7 nitrogen and oxygen atoms in total. The highest BCUT2D eigenvalue weighted by Crippen LogP contribution is 2.17. The molecule has 160 valence electrons. The van der Waals surface area contributed by atoms with E-state index < -0.39 is 6.10 Å². The van der Waals surface area contributed by atoms with Crippen molar-refractivity contribution in [2.24, 2.45) is 4.99 Å². The van der Waals surface area contributed by atoms with E-state index in [0.717, 1.165) is 62.9 Å². The molecule has 1 fully saturated rings. The van der Waals surface area contributed by atoms with Crippen molar-refractivity contribution in [3.05, 3.63) is 29.8 Å². The van der Waals surface area contributed by atoms with Gasteiger partial charge in [-0.3, -0.25) is 4.99 Å². The summed E-state index contributed by atoms with van der Waals surface area (Å²) in [5, 5.41) is 17.2. The molecule has 3 N–H and O–H groups in total. The van der Waals surface area contributed by atoms with Crippen LogP contribution in [0.15, 0.2) is 29.3 Å². The van der Waals surface area contributed by atoms with Gasteiger partial charge in [-0.15, -0.1) is 24.0 Å². The molecule has 1 aromatic rings. The van der Waals surface area contributed by atoms with Crippen LogP contribution in [0.1, 0.15) is 31.4 Å². The monoisotopic (exact) mass is 506 g/mol. The van der Waals surface area contributed by atoms with E-state index in [9.17, 15) is 5.11 Å². The first-order chi connectivity index (χ1) is 13.2. The summed E-state index contributed by atoms with van der Waals surface area (Å²) in [6.45, 7) is 7.05. The van der Waals surface area contributed by atoms with E-state index in [2.05, 4.69) is 20.5 Å². The van der Waals surface area contributed by atoms with Gasteiger partial charge >= 0.3 is 0 Å². The molecule has 8 heteroatoms. The lowest BCUT2D eigenvalue weighted by molar-refractivity contribution is 0.128. The molecule has 1 atom stereocenters. The predicted octanol–water partition coefficient (Wildman–Crippen LogP) is 2.01. The summed E-state index contributed by atoms with van der Waals surface area (Å²) in [5.41, 5.74) is 0.835. The Morgan fingerprint density at radius 1 is 1.25 bits per heavy atom. The van der Waals surface area contributed by atoms with Crippen molar-refractivity contribution in [2.75, 3.05) is 53.6 Å². The number of likely N-dealkylation sites (tertiary alicyclic amines) is 1. The molecule has 1 aliphatic heterocycles. The predicted molar refractivity (Wildman–Crippen MR) is 124 cm³/mol. The number of hydrogen-bond acceptors (Lipinski definition) is 5. The van der Waals surface area contributed by atoms with Crippen molar-refractivity contribution in [3.63, 3.8) is 0 Å². The Hall–Kier alpha value is -1.10. The van der Waals surface area contributed by atoms with Crippen LogP contribution in [0.2, 0.25) is 0 Å². The van der Waals surface area contributed by atoms with Gasteiger partial charge < -0.3 is 30.1 Å². The van der Waals surface area contributed by atoms with Crippen molar-refractivity contribution in [1.82, 2.24) is 15.5 Å². The molecule has 2 rings (SSSR count). The van der Waals surface area contributed by atoms with E-state index in [4.69, 9.17) is 9.47 Å². The molecule has 0 amide bonds. The number of halogens is 1. The van der Waals surface area contributed by atoms with Gasteiger partial charge in [0.25, 0.3) is 0 Å². The average molecular weight is 506 g/mol. The van der Waals surface area contributed by atoms with Crippen molar-refractivity contribution in [2.45, 2.75) is 31.9 Å². The zero-order valence-corrected chi connectivity index (χ0v) is 19.5. The summed E-state index contributed by atoms with van der Waals surface area (Å²) in [4.78, 5) is 7.00. The van der Waals surface area contributed by atoms with Crippen molar-refractivity contribution in [3.8, 4) is 5.75 Å². The molecule has 1 heterocycles. The van der Waals surface area contributed by atoms with E-state index in [1.807, 2.05) is 31.2 Å². The van der Waals surface area contributed by atoms with Gasteiger partial charge in [-0.1, -0.05) is 12.1 Å². The van der Waals surface area contributed by atoms with Crippen LogP contribution < -0.4 is 15.4 Å². The van der Waals surface area contributed by atoms with Crippen LogP contribution in [-0.4, -0.2) is 75.6 Å². The van der Waals surface area contributed by atoms with Crippen molar-refractivity contribution in [1.29, 1.82) is 0 Å². The molecule has 0 radical (unpaired) electrons. The van der Waals surface area contributed by atoms with E-state index >= 15 is 0 Å². The maximum absolute atomic E-state index is 10.4. The number of methoxy groups -OCH3 is 2. The Kier molecular flexibility index (Phi) is 12.4. The Labute approximate surface area is 185 Å². The molecule has 28 heavy (non-hydrogen) atoms. The van der Waals surface area contributed by atoms with Crippen LogP contribution in [0.4, 0.5) is 0 Å². The number of hydrogen-bond donors (Lipinski definition) is 3. The first-order valence-corrected chi connectivity index (χ1v) is 9.74. The maximum atomic E-state index is 10.4. The summed E-state index contributed by atoms with van der Waals surface area (Å²) < 4.78 is 10.3. The summed E-state index contributed by atoms with van der Waals surface area (Å²) >= 11 is 0. The molecule has 0 spiro atoms. The second-order valence-electron chi connectivity index (χ2n) is 6.76. The lowest BCUT2D eigenvalue weighted by Crippen LogP contribution is -2.49. The van der Waals surface area contributed by atoms with Crippen LogP contribution in [0, 0.1) is 0 Å². The fraction of sp³-hybridized carbons (Fsp3) is 0.650. The molecule has 1 saturated heterocycles. The second-order valence-corrected chi connectivity index (χ2v) is 6.76. The maximum Gasteiger partial charge on any atom is 0.191 e. The largest absolute Gasteiger partial charge is 0.497 e. The average Bonchev–Trinajstić information content (AvgIpc) is 2.71. The number of aliphatic imine (C=N–C) groups is 1. The van der Waals surface area contributed by atoms with Gasteiger partial charge in [-0.2, -0.15) is 0 Å². The number of aliphatic hydroxyl groups is 1.